The van der Waals surface area contributed by atoms with E-state index in [4.69, 9.17) is 5.73 Å². The summed E-state index contributed by atoms with van der Waals surface area (Å²) >= 11 is 0. The zero-order valence-corrected chi connectivity index (χ0v) is 11.9. The molecular weight excluding hydrogens is 224 g/mol. The molecule has 2 atom stereocenters. The van der Waals surface area contributed by atoms with Crippen molar-refractivity contribution < 1.29 is 5.11 Å². The molecule has 3 N–H and O–H groups in total. The Balaban J connectivity index is 1.88. The molecule has 2 unspecified atom stereocenters. The number of nitrogens with two attached hydrogens (primary N) is 1. The Labute approximate surface area is 112 Å². The molecule has 106 valence electrons. The predicted molar refractivity (Wildman–Crippen MR) is 75.5 cm³/mol. The number of piperidine rings is 1. The summed E-state index contributed by atoms with van der Waals surface area (Å²) in [5.74, 6) is 0. The van der Waals surface area contributed by atoms with Crippen LogP contribution in [0.3, 0.4) is 0 Å². The van der Waals surface area contributed by atoms with E-state index in [1.54, 1.807) is 0 Å². The van der Waals surface area contributed by atoms with E-state index in [0.29, 0.717) is 5.41 Å². The monoisotopic (exact) mass is 254 g/mol. The molecule has 0 aromatic heterocycles. The molecule has 18 heavy (non-hydrogen) atoms. The minimum absolute atomic E-state index is 0.121. The average molecular weight is 254 g/mol. The van der Waals surface area contributed by atoms with Gasteiger partial charge in [0.15, 0.2) is 0 Å². The second-order valence-corrected chi connectivity index (χ2v) is 6.42. The molecule has 3 heteroatoms. The van der Waals surface area contributed by atoms with Gasteiger partial charge >= 0.3 is 0 Å². The smallest absolute Gasteiger partial charge is 0.0601 e. The Hall–Kier alpha value is -0.120. The summed E-state index contributed by atoms with van der Waals surface area (Å²) in [4.78, 5) is 2.44. The Morgan fingerprint density at radius 3 is 2.22 bits per heavy atom. The van der Waals surface area contributed by atoms with Crippen LogP contribution in [0.2, 0.25) is 0 Å². The fourth-order valence-corrected chi connectivity index (χ4v) is 3.93. The van der Waals surface area contributed by atoms with Gasteiger partial charge in [0.05, 0.1) is 6.61 Å². The minimum atomic E-state index is 0.121. The third-order valence-electron chi connectivity index (χ3n) is 5.39. The molecule has 2 fully saturated rings. The fourth-order valence-electron chi connectivity index (χ4n) is 3.93. The van der Waals surface area contributed by atoms with Crippen LogP contribution in [-0.2, 0) is 0 Å². The standard InChI is InChI=1S/C15H30N2O/c1-2-13(16)14(12-18)17-10-8-15(9-11-17)6-4-3-5-7-15/h13-14,18H,2-12,16H2,1H3. The molecule has 0 aromatic carbocycles. The Morgan fingerprint density at radius 1 is 1.11 bits per heavy atom. The Bertz CT molecular complexity index is 241. The highest BCUT2D eigenvalue weighted by Gasteiger charge is 2.37. The summed E-state index contributed by atoms with van der Waals surface area (Å²) in [6.45, 7) is 4.60. The van der Waals surface area contributed by atoms with E-state index >= 15 is 0 Å². The predicted octanol–water partition coefficient (Wildman–Crippen LogP) is 2.13. The molecule has 3 nitrogen and oxygen atoms in total. The lowest BCUT2D eigenvalue weighted by Gasteiger charge is -2.47. The maximum absolute atomic E-state index is 9.56. The zero-order chi connectivity index (χ0) is 13.0. The van der Waals surface area contributed by atoms with Gasteiger partial charge in [-0.25, -0.2) is 0 Å². The maximum atomic E-state index is 9.56. The van der Waals surface area contributed by atoms with Crippen molar-refractivity contribution in [3.63, 3.8) is 0 Å². The van der Waals surface area contributed by atoms with Crippen molar-refractivity contribution in [2.45, 2.75) is 70.4 Å². The molecule has 1 saturated carbocycles. The molecule has 1 saturated heterocycles. The zero-order valence-electron chi connectivity index (χ0n) is 11.9. The highest BCUT2D eigenvalue weighted by molar-refractivity contribution is 4.91. The second kappa shape index (κ2) is 6.36. The number of hydrogen-bond donors (Lipinski definition) is 2. The molecule has 0 amide bonds. The maximum Gasteiger partial charge on any atom is 0.0601 e. The van der Waals surface area contributed by atoms with Crippen LogP contribution in [0.1, 0.15) is 58.3 Å². The molecule has 2 aliphatic rings. The van der Waals surface area contributed by atoms with Crippen LogP contribution in [-0.4, -0.2) is 41.8 Å². The van der Waals surface area contributed by atoms with E-state index in [0.717, 1.165) is 19.5 Å². The molecule has 1 aliphatic carbocycles. The lowest BCUT2D eigenvalue weighted by atomic mass is 9.68. The summed E-state index contributed by atoms with van der Waals surface area (Å²) in [6, 6.07) is 0.298. The second-order valence-electron chi connectivity index (χ2n) is 6.42. The van der Waals surface area contributed by atoms with E-state index in [1.165, 1.54) is 44.9 Å². The van der Waals surface area contributed by atoms with Crippen molar-refractivity contribution in [1.29, 1.82) is 0 Å². The summed E-state index contributed by atoms with van der Waals surface area (Å²) in [5.41, 5.74) is 6.77. The van der Waals surface area contributed by atoms with Gasteiger partial charge in [0, 0.05) is 12.1 Å². The minimum Gasteiger partial charge on any atom is -0.395 e. The lowest BCUT2D eigenvalue weighted by Crippen LogP contribution is -2.54. The van der Waals surface area contributed by atoms with Gasteiger partial charge in [-0.1, -0.05) is 26.2 Å². The Morgan fingerprint density at radius 2 is 1.72 bits per heavy atom. The van der Waals surface area contributed by atoms with Crippen molar-refractivity contribution in [1.82, 2.24) is 4.90 Å². The normalized spacial score (nSPS) is 28.2. The first-order valence-corrected chi connectivity index (χ1v) is 7.81. The Kier molecular flexibility index (Phi) is 5.05. The van der Waals surface area contributed by atoms with Crippen LogP contribution in [0.15, 0.2) is 0 Å². The van der Waals surface area contributed by atoms with Gasteiger partial charge < -0.3 is 10.8 Å². The van der Waals surface area contributed by atoms with Gasteiger partial charge in [0.1, 0.15) is 0 Å². The first kappa shape index (κ1) is 14.3. The quantitative estimate of drug-likeness (QED) is 0.808. The fraction of sp³-hybridized carbons (Fsp3) is 1.00. The number of likely N-dealkylation sites (tertiary alicyclic amines) is 1. The van der Waals surface area contributed by atoms with Crippen molar-refractivity contribution >= 4 is 0 Å². The summed E-state index contributed by atoms with van der Waals surface area (Å²) in [6.07, 6.45) is 10.8. The van der Waals surface area contributed by atoms with E-state index in [1.807, 2.05) is 0 Å². The van der Waals surface area contributed by atoms with E-state index in [2.05, 4.69) is 11.8 Å². The molecule has 0 radical (unpaired) electrons. The summed E-state index contributed by atoms with van der Waals surface area (Å²) in [7, 11) is 0. The molecule has 1 spiro atoms. The molecule has 0 bridgehead atoms. The third kappa shape index (κ3) is 3.06. The van der Waals surface area contributed by atoms with Gasteiger partial charge in [-0.15, -0.1) is 0 Å². The SMILES string of the molecule is CCC(N)C(CO)N1CCC2(CCCCC2)CC1. The van der Waals surface area contributed by atoms with Crippen molar-refractivity contribution in [3.05, 3.63) is 0 Å². The van der Waals surface area contributed by atoms with Gasteiger partial charge in [-0.3, -0.25) is 4.90 Å². The number of hydrogen-bond acceptors (Lipinski definition) is 3. The molecular formula is C15H30N2O. The van der Waals surface area contributed by atoms with Crippen LogP contribution in [0.4, 0.5) is 0 Å². The van der Waals surface area contributed by atoms with E-state index in [9.17, 15) is 5.11 Å². The highest BCUT2D eigenvalue weighted by atomic mass is 16.3. The first-order valence-electron chi connectivity index (χ1n) is 7.81. The lowest BCUT2D eigenvalue weighted by molar-refractivity contribution is 0.0196. The van der Waals surface area contributed by atoms with E-state index in [-0.39, 0.29) is 18.7 Å². The number of aliphatic hydroxyl groups is 1. The van der Waals surface area contributed by atoms with Crippen molar-refractivity contribution in [3.8, 4) is 0 Å². The van der Waals surface area contributed by atoms with Gasteiger partial charge in [-0.05, 0) is 50.6 Å². The van der Waals surface area contributed by atoms with Gasteiger partial charge in [0.2, 0.25) is 0 Å². The molecule has 0 aromatic rings. The topological polar surface area (TPSA) is 49.5 Å². The van der Waals surface area contributed by atoms with Crippen molar-refractivity contribution in [2.75, 3.05) is 19.7 Å². The average Bonchev–Trinajstić information content (AvgIpc) is 2.42. The molecule has 1 aliphatic heterocycles. The largest absolute Gasteiger partial charge is 0.395 e. The van der Waals surface area contributed by atoms with Gasteiger partial charge in [-0.2, -0.15) is 0 Å². The number of rotatable bonds is 4. The first-order chi connectivity index (χ1) is 8.71. The van der Waals surface area contributed by atoms with Gasteiger partial charge in [0.25, 0.3) is 0 Å². The molecule has 1 heterocycles. The van der Waals surface area contributed by atoms with Crippen LogP contribution in [0.25, 0.3) is 0 Å². The van der Waals surface area contributed by atoms with E-state index < -0.39 is 0 Å². The van der Waals surface area contributed by atoms with Crippen LogP contribution < -0.4 is 5.73 Å². The number of aliphatic hydroxyl groups excluding tert-OH is 1. The van der Waals surface area contributed by atoms with Crippen LogP contribution in [0, 0.1) is 5.41 Å². The van der Waals surface area contributed by atoms with Crippen LogP contribution >= 0.6 is 0 Å². The number of nitrogens with zero attached hydrogens (tertiary/aromatic N) is 1. The summed E-state index contributed by atoms with van der Waals surface area (Å²) in [5, 5.41) is 9.56. The summed E-state index contributed by atoms with van der Waals surface area (Å²) < 4.78 is 0. The third-order valence-corrected chi connectivity index (χ3v) is 5.39. The highest BCUT2D eigenvalue weighted by Crippen LogP contribution is 2.44. The molecule has 2 rings (SSSR count). The van der Waals surface area contributed by atoms with Crippen LogP contribution in [0.5, 0.6) is 0 Å². The van der Waals surface area contributed by atoms with Crippen molar-refractivity contribution in [2.24, 2.45) is 11.1 Å².